The number of nitrogens with zero attached hydrogens (tertiary/aromatic N) is 2. The molecular weight excluding hydrogens is 184 g/mol. The number of aromatic nitrogens is 1. The fourth-order valence-electron chi connectivity index (χ4n) is 1.82. The first-order valence-electron chi connectivity index (χ1n) is 4.43. The second-order valence-corrected chi connectivity index (χ2v) is 3.21. The number of ether oxygens (including phenoxy) is 1. The third-order valence-electron chi connectivity index (χ3n) is 2.44. The normalized spacial score (nSPS) is 13.8. The number of hydrogen-bond donors (Lipinski definition) is 0. The van der Waals surface area contributed by atoms with Crippen LogP contribution in [0.15, 0.2) is 6.20 Å². The van der Waals surface area contributed by atoms with E-state index in [0.717, 1.165) is 30.5 Å². The lowest BCUT2D eigenvalue weighted by molar-refractivity contribution is -0.386. The summed E-state index contributed by atoms with van der Waals surface area (Å²) in [6, 6.07) is 0. The number of nitro groups is 1. The number of hydrogen-bond acceptors (Lipinski definition) is 4. The summed E-state index contributed by atoms with van der Waals surface area (Å²) in [6.45, 7) is 0. The van der Waals surface area contributed by atoms with E-state index in [-0.39, 0.29) is 5.69 Å². The molecule has 0 atom stereocenters. The lowest BCUT2D eigenvalue weighted by Crippen LogP contribution is -1.99. The van der Waals surface area contributed by atoms with E-state index in [1.54, 1.807) is 0 Å². The molecule has 0 spiro atoms. The first kappa shape index (κ1) is 8.93. The standard InChI is InChI=1S/C9H10N2O3/c1-14-9-6-3-2-4-7(6)10-5-8(9)11(12)13/h5H,2-4H2,1H3. The first-order valence-corrected chi connectivity index (χ1v) is 4.43. The topological polar surface area (TPSA) is 65.3 Å². The zero-order chi connectivity index (χ0) is 10.1. The Bertz CT molecular complexity index is 390. The van der Waals surface area contributed by atoms with E-state index in [0.29, 0.717) is 5.75 Å². The van der Waals surface area contributed by atoms with E-state index in [4.69, 9.17) is 4.74 Å². The number of pyridine rings is 1. The van der Waals surface area contributed by atoms with Gasteiger partial charge < -0.3 is 4.74 Å². The van der Waals surface area contributed by atoms with Crippen molar-refractivity contribution >= 4 is 5.69 Å². The van der Waals surface area contributed by atoms with Crippen LogP contribution in [0.4, 0.5) is 5.69 Å². The molecule has 0 radical (unpaired) electrons. The van der Waals surface area contributed by atoms with Crippen molar-refractivity contribution < 1.29 is 9.66 Å². The van der Waals surface area contributed by atoms with Gasteiger partial charge in [0.2, 0.25) is 5.75 Å². The highest BCUT2D eigenvalue weighted by Gasteiger charge is 2.25. The van der Waals surface area contributed by atoms with Gasteiger partial charge in [0.1, 0.15) is 6.20 Å². The quantitative estimate of drug-likeness (QED) is 0.528. The van der Waals surface area contributed by atoms with Gasteiger partial charge in [0.05, 0.1) is 12.0 Å². The molecule has 2 rings (SSSR count). The van der Waals surface area contributed by atoms with Gasteiger partial charge in [-0.05, 0) is 19.3 Å². The van der Waals surface area contributed by atoms with E-state index in [1.807, 2.05) is 0 Å². The third kappa shape index (κ3) is 1.21. The molecule has 14 heavy (non-hydrogen) atoms. The van der Waals surface area contributed by atoms with Crippen molar-refractivity contribution in [2.75, 3.05) is 7.11 Å². The minimum Gasteiger partial charge on any atom is -0.490 e. The van der Waals surface area contributed by atoms with E-state index in [1.165, 1.54) is 13.3 Å². The molecule has 0 amide bonds. The highest BCUT2D eigenvalue weighted by molar-refractivity contribution is 5.53. The SMILES string of the molecule is COc1c([N+](=O)[O-])cnc2c1CCC2. The Morgan fingerprint density at radius 3 is 3.00 bits per heavy atom. The van der Waals surface area contributed by atoms with Crippen molar-refractivity contribution in [3.05, 3.63) is 27.6 Å². The van der Waals surface area contributed by atoms with Crippen LogP contribution in [0.3, 0.4) is 0 Å². The average Bonchev–Trinajstić information content (AvgIpc) is 2.63. The predicted molar refractivity (Wildman–Crippen MR) is 49.5 cm³/mol. The second kappa shape index (κ2) is 3.25. The average molecular weight is 194 g/mol. The van der Waals surface area contributed by atoms with Crippen LogP contribution in [0.25, 0.3) is 0 Å². The van der Waals surface area contributed by atoms with Gasteiger partial charge in [0, 0.05) is 11.3 Å². The largest absolute Gasteiger partial charge is 0.490 e. The van der Waals surface area contributed by atoms with Crippen molar-refractivity contribution in [2.24, 2.45) is 0 Å². The summed E-state index contributed by atoms with van der Waals surface area (Å²) < 4.78 is 5.07. The van der Waals surface area contributed by atoms with Crippen molar-refractivity contribution in [3.63, 3.8) is 0 Å². The Balaban J connectivity index is 2.59. The van der Waals surface area contributed by atoms with Crippen LogP contribution in [0.5, 0.6) is 5.75 Å². The van der Waals surface area contributed by atoms with Crippen LogP contribution in [-0.2, 0) is 12.8 Å². The maximum atomic E-state index is 10.7. The molecule has 74 valence electrons. The molecule has 1 aliphatic carbocycles. The predicted octanol–water partition coefficient (Wildman–Crippen LogP) is 1.49. The van der Waals surface area contributed by atoms with Crippen LogP contribution < -0.4 is 4.74 Å². The Morgan fingerprint density at radius 1 is 1.57 bits per heavy atom. The minimum absolute atomic E-state index is 0.0341. The lowest BCUT2D eigenvalue weighted by atomic mass is 10.2. The van der Waals surface area contributed by atoms with Crippen molar-refractivity contribution in [1.29, 1.82) is 0 Å². The highest BCUT2D eigenvalue weighted by Crippen LogP contribution is 2.36. The maximum absolute atomic E-state index is 10.7. The van der Waals surface area contributed by atoms with Crippen molar-refractivity contribution in [2.45, 2.75) is 19.3 Å². The maximum Gasteiger partial charge on any atom is 0.329 e. The van der Waals surface area contributed by atoms with Gasteiger partial charge >= 0.3 is 5.69 Å². The summed E-state index contributed by atoms with van der Waals surface area (Å²) in [5.41, 5.74) is 1.81. The summed E-state index contributed by atoms with van der Waals surface area (Å²) in [5.74, 6) is 0.387. The number of aryl methyl sites for hydroxylation is 1. The summed E-state index contributed by atoms with van der Waals surface area (Å²) in [5, 5.41) is 10.7. The van der Waals surface area contributed by atoms with E-state index >= 15 is 0 Å². The second-order valence-electron chi connectivity index (χ2n) is 3.21. The van der Waals surface area contributed by atoms with Crippen LogP contribution in [0, 0.1) is 10.1 Å². The smallest absolute Gasteiger partial charge is 0.329 e. The van der Waals surface area contributed by atoms with Gasteiger partial charge in [-0.1, -0.05) is 0 Å². The Labute approximate surface area is 80.9 Å². The third-order valence-corrected chi connectivity index (χ3v) is 2.44. The molecule has 5 heteroatoms. The molecule has 0 bridgehead atoms. The van der Waals surface area contributed by atoms with Gasteiger partial charge in [-0.15, -0.1) is 0 Å². The number of methoxy groups -OCH3 is 1. The zero-order valence-electron chi connectivity index (χ0n) is 7.82. The molecule has 5 nitrogen and oxygen atoms in total. The van der Waals surface area contributed by atoms with Crippen LogP contribution >= 0.6 is 0 Å². The van der Waals surface area contributed by atoms with E-state index < -0.39 is 4.92 Å². The Kier molecular flexibility index (Phi) is 2.07. The van der Waals surface area contributed by atoms with Gasteiger partial charge in [-0.2, -0.15) is 0 Å². The monoisotopic (exact) mass is 194 g/mol. The Morgan fingerprint density at radius 2 is 2.36 bits per heavy atom. The Hall–Kier alpha value is -1.65. The van der Waals surface area contributed by atoms with Crippen molar-refractivity contribution in [1.82, 2.24) is 4.98 Å². The molecule has 0 aromatic carbocycles. The fraction of sp³-hybridized carbons (Fsp3) is 0.444. The molecule has 1 aromatic rings. The summed E-state index contributed by atoms with van der Waals surface area (Å²) in [7, 11) is 1.46. The molecule has 0 N–H and O–H groups in total. The van der Waals surface area contributed by atoms with Crippen LogP contribution in [0.1, 0.15) is 17.7 Å². The first-order chi connectivity index (χ1) is 6.74. The molecule has 1 aliphatic rings. The molecule has 1 aromatic heterocycles. The molecule has 0 saturated carbocycles. The number of rotatable bonds is 2. The summed E-state index contributed by atoms with van der Waals surface area (Å²) in [6.07, 6.45) is 4.00. The highest BCUT2D eigenvalue weighted by atomic mass is 16.6. The molecule has 0 unspecified atom stereocenters. The van der Waals surface area contributed by atoms with Gasteiger partial charge in [0.25, 0.3) is 0 Å². The van der Waals surface area contributed by atoms with Crippen LogP contribution in [-0.4, -0.2) is 17.0 Å². The minimum atomic E-state index is -0.454. The van der Waals surface area contributed by atoms with Gasteiger partial charge in [-0.25, -0.2) is 0 Å². The van der Waals surface area contributed by atoms with Crippen LogP contribution in [0.2, 0.25) is 0 Å². The fourth-order valence-corrected chi connectivity index (χ4v) is 1.82. The molecule has 0 aliphatic heterocycles. The summed E-state index contributed by atoms with van der Waals surface area (Å²) in [4.78, 5) is 14.3. The zero-order valence-corrected chi connectivity index (χ0v) is 7.82. The molecule has 0 saturated heterocycles. The van der Waals surface area contributed by atoms with E-state index in [9.17, 15) is 10.1 Å². The van der Waals surface area contributed by atoms with E-state index in [2.05, 4.69) is 4.98 Å². The molecule has 1 heterocycles. The van der Waals surface area contributed by atoms with Gasteiger partial charge in [-0.3, -0.25) is 15.1 Å². The molecule has 0 fully saturated rings. The van der Waals surface area contributed by atoms with Gasteiger partial charge in [0.15, 0.2) is 0 Å². The summed E-state index contributed by atoms with van der Waals surface area (Å²) >= 11 is 0. The van der Waals surface area contributed by atoms with Crippen molar-refractivity contribution in [3.8, 4) is 5.75 Å². The number of fused-ring (bicyclic) bond motifs is 1. The lowest BCUT2D eigenvalue weighted by Gasteiger charge is -2.06. The molecular formula is C9H10N2O3.